The summed E-state index contributed by atoms with van der Waals surface area (Å²) in [7, 11) is 1.46. The van der Waals surface area contributed by atoms with Crippen molar-refractivity contribution in [1.29, 1.82) is 0 Å². The van der Waals surface area contributed by atoms with Crippen molar-refractivity contribution in [2.45, 2.75) is 25.8 Å². The number of aromatic carboxylic acids is 1. The van der Waals surface area contributed by atoms with Gasteiger partial charge in [-0.3, -0.25) is 4.79 Å². The van der Waals surface area contributed by atoms with Crippen LogP contribution in [-0.4, -0.2) is 47.1 Å². The summed E-state index contributed by atoms with van der Waals surface area (Å²) in [6.45, 7) is 3.22. The third-order valence-corrected chi connectivity index (χ3v) is 6.76. The number of carboxylic acids is 1. The molecule has 3 aromatic rings. The Hall–Kier alpha value is -3.72. The van der Waals surface area contributed by atoms with Gasteiger partial charge in [0.05, 0.1) is 5.69 Å². The Morgan fingerprint density at radius 1 is 1.12 bits per heavy atom. The van der Waals surface area contributed by atoms with E-state index in [2.05, 4.69) is 21.8 Å². The van der Waals surface area contributed by atoms with Gasteiger partial charge in [-0.1, -0.05) is 48.5 Å². The lowest BCUT2D eigenvalue weighted by molar-refractivity contribution is -0.119. The number of alkyl carbamates (subject to hydrolysis) is 1. The van der Waals surface area contributed by atoms with Gasteiger partial charge >= 0.3 is 12.1 Å². The lowest BCUT2D eigenvalue weighted by Gasteiger charge is -2.21. The van der Waals surface area contributed by atoms with Crippen molar-refractivity contribution < 1.29 is 24.2 Å². The molecular weight excluding hydrogens is 442 g/mol. The quantitative estimate of drug-likeness (QED) is 0.569. The smallest absolute Gasteiger partial charge is 0.407 e. The van der Waals surface area contributed by atoms with Crippen LogP contribution in [0.3, 0.4) is 0 Å². The Labute approximate surface area is 195 Å². The van der Waals surface area contributed by atoms with E-state index in [1.54, 1.807) is 6.92 Å². The molecule has 1 aliphatic rings. The first kappa shape index (κ1) is 22.5. The van der Waals surface area contributed by atoms with Crippen molar-refractivity contribution in [2.24, 2.45) is 0 Å². The fraction of sp³-hybridized carbons (Fsp3) is 0.250. The number of ether oxygens (including phenoxy) is 1. The molecule has 0 aliphatic heterocycles. The molecule has 0 saturated heterocycles. The minimum atomic E-state index is -1.16. The minimum absolute atomic E-state index is 0.0239. The molecule has 2 aromatic carbocycles. The van der Waals surface area contributed by atoms with Crippen LogP contribution < -0.4 is 10.2 Å². The molecule has 2 N–H and O–H groups in total. The number of benzene rings is 2. The number of aromatic nitrogens is 1. The van der Waals surface area contributed by atoms with Crippen LogP contribution in [0, 0.1) is 6.92 Å². The molecular formula is C24H23N3O5S. The number of nitrogens with one attached hydrogen (secondary N) is 1. The molecule has 0 spiro atoms. The molecule has 170 valence electrons. The number of likely N-dealkylation sites (N-methyl/N-ethyl adjacent to an activating group) is 1. The van der Waals surface area contributed by atoms with E-state index in [4.69, 9.17) is 4.74 Å². The Balaban J connectivity index is 1.40. The molecule has 9 heteroatoms. The predicted octanol–water partition coefficient (Wildman–Crippen LogP) is 4.04. The molecule has 1 heterocycles. The van der Waals surface area contributed by atoms with Gasteiger partial charge in [-0.25, -0.2) is 9.59 Å². The Kier molecular flexibility index (Phi) is 6.15. The molecule has 0 unspecified atom stereocenters. The monoisotopic (exact) mass is 465 g/mol. The number of hydrogen-bond acceptors (Lipinski definition) is 6. The number of carbonyl (C=O) groups excluding carboxylic acids is 2. The third-order valence-electron chi connectivity index (χ3n) is 5.74. The van der Waals surface area contributed by atoms with Crippen LogP contribution in [0.4, 0.5) is 9.80 Å². The van der Waals surface area contributed by atoms with E-state index in [0.717, 1.165) is 33.8 Å². The van der Waals surface area contributed by atoms with Gasteiger partial charge in [-0.2, -0.15) is 4.37 Å². The van der Waals surface area contributed by atoms with Crippen LogP contribution in [0.15, 0.2) is 48.5 Å². The van der Waals surface area contributed by atoms with Crippen molar-refractivity contribution in [1.82, 2.24) is 9.69 Å². The van der Waals surface area contributed by atoms with Crippen molar-refractivity contribution in [3.8, 4) is 11.1 Å². The number of fused-ring (bicyclic) bond motifs is 3. The van der Waals surface area contributed by atoms with Crippen molar-refractivity contribution in [3.05, 3.63) is 70.9 Å². The molecule has 1 aliphatic carbocycles. The molecule has 33 heavy (non-hydrogen) atoms. The molecule has 0 fully saturated rings. The highest BCUT2D eigenvalue weighted by atomic mass is 32.1. The summed E-state index contributed by atoms with van der Waals surface area (Å²) in [6.07, 6.45) is -0.718. The fourth-order valence-electron chi connectivity index (χ4n) is 4.10. The van der Waals surface area contributed by atoms with Gasteiger partial charge < -0.3 is 20.1 Å². The number of amides is 2. The van der Waals surface area contributed by atoms with E-state index < -0.39 is 24.0 Å². The molecule has 1 atom stereocenters. The number of rotatable bonds is 6. The number of anilines is 1. The van der Waals surface area contributed by atoms with Crippen LogP contribution in [0.2, 0.25) is 0 Å². The van der Waals surface area contributed by atoms with Gasteiger partial charge in [0.25, 0.3) is 0 Å². The van der Waals surface area contributed by atoms with E-state index in [0.29, 0.717) is 5.69 Å². The van der Waals surface area contributed by atoms with Gasteiger partial charge in [-0.05, 0) is 47.6 Å². The molecule has 2 amide bonds. The summed E-state index contributed by atoms with van der Waals surface area (Å²) in [5, 5.41) is 12.2. The molecule has 0 bridgehead atoms. The van der Waals surface area contributed by atoms with E-state index >= 15 is 0 Å². The largest absolute Gasteiger partial charge is 0.478 e. The lowest BCUT2D eigenvalue weighted by atomic mass is 9.98. The van der Waals surface area contributed by atoms with Crippen LogP contribution in [0.1, 0.15) is 40.0 Å². The number of carbonyl (C=O) groups is 3. The van der Waals surface area contributed by atoms with Crippen molar-refractivity contribution in [2.75, 3.05) is 18.6 Å². The minimum Gasteiger partial charge on any atom is -0.478 e. The van der Waals surface area contributed by atoms with Gasteiger partial charge in [0.15, 0.2) is 0 Å². The average Bonchev–Trinajstić information content (AvgIpc) is 3.34. The zero-order valence-corrected chi connectivity index (χ0v) is 19.2. The van der Waals surface area contributed by atoms with Gasteiger partial charge in [-0.15, -0.1) is 0 Å². The van der Waals surface area contributed by atoms with Crippen LogP contribution >= 0.6 is 11.5 Å². The highest BCUT2D eigenvalue weighted by molar-refractivity contribution is 7.11. The third kappa shape index (κ3) is 4.19. The first-order chi connectivity index (χ1) is 15.8. The summed E-state index contributed by atoms with van der Waals surface area (Å²) in [5.41, 5.74) is 4.75. The summed E-state index contributed by atoms with van der Waals surface area (Å²) < 4.78 is 9.51. The molecule has 1 aromatic heterocycles. The second-order valence-corrected chi connectivity index (χ2v) is 8.59. The Morgan fingerprint density at radius 3 is 2.27 bits per heavy atom. The van der Waals surface area contributed by atoms with E-state index in [-0.39, 0.29) is 23.1 Å². The molecule has 8 nitrogen and oxygen atoms in total. The average molecular weight is 466 g/mol. The number of nitrogens with zero attached hydrogens (tertiary/aromatic N) is 2. The molecule has 0 saturated carbocycles. The maximum absolute atomic E-state index is 12.8. The Morgan fingerprint density at radius 2 is 1.70 bits per heavy atom. The highest BCUT2D eigenvalue weighted by Crippen LogP contribution is 2.44. The SMILES string of the molecule is Cc1nsc(N(C)C(=O)[C@@H](C)NC(=O)OCC2c3ccccc3-c3ccccc32)c1C(=O)O. The van der Waals surface area contributed by atoms with Crippen LogP contribution in [0.25, 0.3) is 11.1 Å². The second-order valence-electron chi connectivity index (χ2n) is 7.84. The number of aryl methyl sites for hydroxylation is 1. The summed E-state index contributed by atoms with van der Waals surface area (Å²) >= 11 is 0.922. The zero-order valence-electron chi connectivity index (χ0n) is 18.4. The normalized spacial score (nSPS) is 13.1. The lowest BCUT2D eigenvalue weighted by Crippen LogP contribution is -2.46. The first-order valence-electron chi connectivity index (χ1n) is 10.4. The van der Waals surface area contributed by atoms with Crippen LogP contribution in [0.5, 0.6) is 0 Å². The van der Waals surface area contributed by atoms with Gasteiger partial charge in [0, 0.05) is 13.0 Å². The van der Waals surface area contributed by atoms with Gasteiger partial charge in [0.2, 0.25) is 5.91 Å². The maximum Gasteiger partial charge on any atom is 0.407 e. The zero-order chi connectivity index (χ0) is 23.7. The van der Waals surface area contributed by atoms with Crippen LogP contribution in [-0.2, 0) is 9.53 Å². The Bertz CT molecular complexity index is 1190. The summed E-state index contributed by atoms with van der Waals surface area (Å²) in [4.78, 5) is 38.0. The topological polar surface area (TPSA) is 109 Å². The highest BCUT2D eigenvalue weighted by Gasteiger charge is 2.30. The fourth-order valence-corrected chi connectivity index (χ4v) is 4.96. The second kappa shape index (κ2) is 9.03. The van der Waals surface area contributed by atoms with E-state index in [1.165, 1.54) is 18.9 Å². The number of carboxylic acid groups (broad SMARTS) is 1. The van der Waals surface area contributed by atoms with E-state index in [9.17, 15) is 19.5 Å². The molecule has 0 radical (unpaired) electrons. The standard InChI is InChI=1S/C24H23N3O5S/c1-13-20(23(29)30)22(33-26-13)27(3)21(28)14(2)25-24(31)32-12-19-17-10-6-4-8-15(17)16-9-5-7-11-18(16)19/h4-11,14,19H,12H2,1-3H3,(H,25,31)(H,29,30)/t14-/m1/s1. The summed E-state index contributed by atoms with van der Waals surface area (Å²) in [5.74, 6) is -1.72. The van der Waals surface area contributed by atoms with E-state index in [1.807, 2.05) is 36.4 Å². The van der Waals surface area contributed by atoms with Gasteiger partial charge in [0.1, 0.15) is 23.2 Å². The molecule has 4 rings (SSSR count). The maximum atomic E-state index is 12.8. The first-order valence-corrected chi connectivity index (χ1v) is 11.2. The number of hydrogen-bond donors (Lipinski definition) is 2. The summed E-state index contributed by atoms with van der Waals surface area (Å²) in [6, 6.07) is 15.1. The van der Waals surface area contributed by atoms with Crippen molar-refractivity contribution >= 4 is 34.5 Å². The van der Waals surface area contributed by atoms with Crippen molar-refractivity contribution in [3.63, 3.8) is 0 Å². The predicted molar refractivity (Wildman–Crippen MR) is 125 cm³/mol.